The maximum Gasteiger partial charge on any atom is 0.141 e. The summed E-state index contributed by atoms with van der Waals surface area (Å²) in [5.74, 6) is 0.549. The van der Waals surface area contributed by atoms with E-state index in [1.165, 1.54) is 12.3 Å². The minimum atomic E-state index is -0.316. The number of hydrogen-bond donors (Lipinski definition) is 1. The van der Waals surface area contributed by atoms with Crippen LogP contribution in [0.25, 0.3) is 0 Å². The molecule has 0 radical (unpaired) electrons. The summed E-state index contributed by atoms with van der Waals surface area (Å²) in [6, 6.07) is 9.15. The van der Waals surface area contributed by atoms with Gasteiger partial charge in [-0.25, -0.2) is 4.39 Å². The lowest BCUT2D eigenvalue weighted by Crippen LogP contribution is -2.11. The molecule has 1 heterocycles. The summed E-state index contributed by atoms with van der Waals surface area (Å²) in [5.41, 5.74) is 2.91. The molecule has 4 heteroatoms. The predicted octanol–water partition coefficient (Wildman–Crippen LogP) is 4.10. The monoisotopic (exact) mass is 274 g/mol. The second kappa shape index (κ2) is 6.37. The lowest BCUT2D eigenvalue weighted by molar-refractivity contribution is 0.412. The quantitative estimate of drug-likeness (QED) is 0.891. The molecule has 0 fully saturated rings. The molecule has 1 aromatic heterocycles. The highest BCUT2D eigenvalue weighted by Crippen LogP contribution is 2.25. The molecule has 0 amide bonds. The molecule has 0 saturated heterocycles. The highest BCUT2D eigenvalue weighted by atomic mass is 19.1. The van der Waals surface area contributed by atoms with Crippen LogP contribution in [0.5, 0.6) is 5.75 Å². The predicted molar refractivity (Wildman–Crippen MR) is 78.6 cm³/mol. The van der Waals surface area contributed by atoms with Gasteiger partial charge in [0, 0.05) is 5.69 Å². The first-order chi connectivity index (χ1) is 9.63. The Bertz CT molecular complexity index is 569. The zero-order chi connectivity index (χ0) is 14.5. The first kappa shape index (κ1) is 14.3. The van der Waals surface area contributed by atoms with Crippen LogP contribution in [-0.4, -0.2) is 12.1 Å². The molecule has 1 aromatic carbocycles. The van der Waals surface area contributed by atoms with E-state index in [0.717, 1.165) is 29.1 Å². The zero-order valence-corrected chi connectivity index (χ0v) is 12.0. The second-order valence-electron chi connectivity index (χ2n) is 4.69. The van der Waals surface area contributed by atoms with E-state index in [9.17, 15) is 4.39 Å². The van der Waals surface area contributed by atoms with Crippen LogP contribution >= 0.6 is 0 Å². The second-order valence-corrected chi connectivity index (χ2v) is 4.69. The van der Waals surface area contributed by atoms with E-state index < -0.39 is 0 Å². The van der Waals surface area contributed by atoms with E-state index in [4.69, 9.17) is 4.74 Å². The summed E-state index contributed by atoms with van der Waals surface area (Å²) < 4.78 is 18.2. The highest BCUT2D eigenvalue weighted by Gasteiger charge is 2.11. The van der Waals surface area contributed by atoms with Gasteiger partial charge in [0.05, 0.1) is 25.0 Å². The van der Waals surface area contributed by atoms with Crippen molar-refractivity contribution >= 4 is 5.69 Å². The zero-order valence-electron chi connectivity index (χ0n) is 12.0. The summed E-state index contributed by atoms with van der Waals surface area (Å²) in [4.78, 5) is 4.14. The molecule has 0 saturated carbocycles. The number of methoxy groups -OCH3 is 1. The average Bonchev–Trinajstić information content (AvgIpc) is 2.46. The van der Waals surface area contributed by atoms with Gasteiger partial charge in [-0.1, -0.05) is 6.92 Å². The number of pyridine rings is 1. The number of aromatic nitrogens is 1. The molecule has 0 bridgehead atoms. The van der Waals surface area contributed by atoms with E-state index in [2.05, 4.69) is 17.2 Å². The van der Waals surface area contributed by atoms with Gasteiger partial charge >= 0.3 is 0 Å². The van der Waals surface area contributed by atoms with Crippen molar-refractivity contribution in [2.45, 2.75) is 26.3 Å². The molecule has 0 aliphatic heterocycles. The highest BCUT2D eigenvalue weighted by molar-refractivity contribution is 5.51. The normalized spacial score (nSPS) is 12.0. The van der Waals surface area contributed by atoms with E-state index in [0.29, 0.717) is 0 Å². The van der Waals surface area contributed by atoms with Crippen LogP contribution < -0.4 is 10.1 Å². The minimum absolute atomic E-state index is 0.0587. The number of rotatable bonds is 5. The third-order valence-corrected chi connectivity index (χ3v) is 3.25. The number of halogens is 1. The first-order valence-corrected chi connectivity index (χ1v) is 6.66. The Kier molecular flexibility index (Phi) is 4.56. The molecule has 1 N–H and O–H groups in total. The number of ether oxygens (including phenoxy) is 1. The Balaban J connectivity index is 2.17. The van der Waals surface area contributed by atoms with Gasteiger partial charge < -0.3 is 10.1 Å². The van der Waals surface area contributed by atoms with E-state index in [1.54, 1.807) is 13.2 Å². The molecule has 1 atom stereocenters. The van der Waals surface area contributed by atoms with Crippen molar-refractivity contribution in [1.29, 1.82) is 0 Å². The molecule has 2 aromatic rings. The van der Waals surface area contributed by atoms with Crippen LogP contribution in [0.4, 0.5) is 10.1 Å². The van der Waals surface area contributed by atoms with Crippen LogP contribution in [0.15, 0.2) is 36.5 Å². The van der Waals surface area contributed by atoms with Gasteiger partial charge in [-0.2, -0.15) is 0 Å². The van der Waals surface area contributed by atoms with Crippen molar-refractivity contribution in [2.24, 2.45) is 0 Å². The molecule has 20 heavy (non-hydrogen) atoms. The molecule has 2 rings (SSSR count). The van der Waals surface area contributed by atoms with Gasteiger partial charge in [-0.05, 0) is 49.2 Å². The summed E-state index contributed by atoms with van der Waals surface area (Å²) >= 11 is 0. The fourth-order valence-electron chi connectivity index (χ4n) is 2.15. The summed E-state index contributed by atoms with van der Waals surface area (Å²) in [6.45, 7) is 4.07. The Morgan fingerprint density at radius 1 is 1.30 bits per heavy atom. The molecule has 3 nitrogen and oxygen atoms in total. The summed E-state index contributed by atoms with van der Waals surface area (Å²) in [5, 5.41) is 3.42. The Morgan fingerprint density at radius 2 is 2.10 bits per heavy atom. The van der Waals surface area contributed by atoms with Gasteiger partial charge in [0.25, 0.3) is 0 Å². The number of aryl methyl sites for hydroxylation is 1. The van der Waals surface area contributed by atoms with Crippen molar-refractivity contribution < 1.29 is 9.13 Å². The van der Waals surface area contributed by atoms with E-state index >= 15 is 0 Å². The fraction of sp³-hybridized carbons (Fsp3) is 0.312. The van der Waals surface area contributed by atoms with Gasteiger partial charge in [-0.3, -0.25) is 4.98 Å². The number of hydrogen-bond acceptors (Lipinski definition) is 3. The smallest absolute Gasteiger partial charge is 0.141 e. The molecule has 0 aliphatic carbocycles. The number of nitrogens with zero attached hydrogens (tertiary/aromatic N) is 1. The van der Waals surface area contributed by atoms with Crippen molar-refractivity contribution in [2.75, 3.05) is 12.4 Å². The topological polar surface area (TPSA) is 34.1 Å². The van der Waals surface area contributed by atoms with Crippen molar-refractivity contribution in [3.8, 4) is 5.75 Å². The molecule has 0 spiro atoms. The van der Waals surface area contributed by atoms with Crippen LogP contribution in [0.2, 0.25) is 0 Å². The van der Waals surface area contributed by atoms with Crippen LogP contribution in [0.3, 0.4) is 0 Å². The van der Waals surface area contributed by atoms with Gasteiger partial charge in [0.15, 0.2) is 0 Å². The minimum Gasteiger partial charge on any atom is -0.496 e. The number of anilines is 1. The largest absolute Gasteiger partial charge is 0.496 e. The third kappa shape index (κ3) is 3.26. The van der Waals surface area contributed by atoms with Crippen molar-refractivity contribution in [1.82, 2.24) is 4.98 Å². The van der Waals surface area contributed by atoms with Gasteiger partial charge in [-0.15, -0.1) is 0 Å². The molecular weight excluding hydrogens is 255 g/mol. The van der Waals surface area contributed by atoms with Crippen molar-refractivity contribution in [3.05, 3.63) is 53.6 Å². The average molecular weight is 274 g/mol. The lowest BCUT2D eigenvalue weighted by atomic mass is 10.1. The van der Waals surface area contributed by atoms with Crippen LogP contribution in [0.1, 0.15) is 30.6 Å². The SMILES string of the molecule is CCC(Nc1ccc(OC)c(C)c1)c1ccc(F)cn1. The fourth-order valence-corrected chi connectivity index (χ4v) is 2.15. The standard InChI is InChI=1S/C16H19FN2O/c1-4-14(15-7-5-12(17)10-18-15)19-13-6-8-16(20-3)11(2)9-13/h5-10,14,19H,4H2,1-3H3. The lowest BCUT2D eigenvalue weighted by Gasteiger charge is -2.18. The molecule has 1 unspecified atom stereocenters. The molecule has 106 valence electrons. The third-order valence-electron chi connectivity index (χ3n) is 3.25. The molecular formula is C16H19FN2O. The maximum atomic E-state index is 12.9. The Labute approximate surface area is 118 Å². The van der Waals surface area contributed by atoms with Gasteiger partial charge in [0.2, 0.25) is 0 Å². The first-order valence-electron chi connectivity index (χ1n) is 6.66. The Morgan fingerprint density at radius 3 is 2.65 bits per heavy atom. The number of benzene rings is 1. The maximum absolute atomic E-state index is 12.9. The summed E-state index contributed by atoms with van der Waals surface area (Å²) in [7, 11) is 1.66. The van der Waals surface area contributed by atoms with Crippen molar-refractivity contribution in [3.63, 3.8) is 0 Å². The summed E-state index contributed by atoms with van der Waals surface area (Å²) in [6.07, 6.45) is 2.11. The number of nitrogens with one attached hydrogen (secondary N) is 1. The van der Waals surface area contributed by atoms with E-state index in [1.807, 2.05) is 25.1 Å². The van der Waals surface area contributed by atoms with E-state index in [-0.39, 0.29) is 11.9 Å². The van der Waals surface area contributed by atoms with Crippen LogP contribution in [-0.2, 0) is 0 Å². The Hall–Kier alpha value is -2.10. The molecule has 0 aliphatic rings. The van der Waals surface area contributed by atoms with Crippen LogP contribution in [0, 0.1) is 12.7 Å². The van der Waals surface area contributed by atoms with Gasteiger partial charge in [0.1, 0.15) is 11.6 Å².